The van der Waals surface area contributed by atoms with Crippen LogP contribution in [0, 0.1) is 0 Å². The molecule has 19 heavy (non-hydrogen) atoms. The van der Waals surface area contributed by atoms with Gasteiger partial charge in [-0.25, -0.2) is 4.98 Å². The molecule has 1 heterocycles. The van der Waals surface area contributed by atoms with E-state index >= 15 is 0 Å². The standard InChI is InChI=1S/C11H6F3NO3S/c12-11(13,14)18-8-3-1-7(2-4-8)17-10-15-5-9(6-16)19-10/h1-6H. The highest BCUT2D eigenvalue weighted by Crippen LogP contribution is 2.28. The normalized spacial score (nSPS) is 11.1. The molecule has 8 heteroatoms. The van der Waals surface area contributed by atoms with E-state index < -0.39 is 6.36 Å². The summed E-state index contributed by atoms with van der Waals surface area (Å²) in [6, 6.07) is 4.86. The third-order valence-corrected chi connectivity index (χ3v) is 2.68. The monoisotopic (exact) mass is 289 g/mol. The summed E-state index contributed by atoms with van der Waals surface area (Å²) in [6.45, 7) is 0. The minimum atomic E-state index is -4.73. The molecule has 0 aliphatic rings. The van der Waals surface area contributed by atoms with Crippen molar-refractivity contribution < 1.29 is 27.4 Å². The zero-order valence-electron chi connectivity index (χ0n) is 9.18. The molecule has 0 aliphatic heterocycles. The molecule has 2 rings (SSSR count). The Morgan fingerprint density at radius 2 is 1.79 bits per heavy atom. The van der Waals surface area contributed by atoms with Crippen molar-refractivity contribution in [2.45, 2.75) is 6.36 Å². The lowest BCUT2D eigenvalue weighted by molar-refractivity contribution is -0.274. The van der Waals surface area contributed by atoms with Crippen molar-refractivity contribution in [3.8, 4) is 16.7 Å². The van der Waals surface area contributed by atoms with Gasteiger partial charge in [-0.15, -0.1) is 13.2 Å². The number of halogens is 3. The summed E-state index contributed by atoms with van der Waals surface area (Å²) in [5, 5.41) is 0.228. The largest absolute Gasteiger partial charge is 0.573 e. The Hall–Kier alpha value is -2.09. The highest BCUT2D eigenvalue weighted by atomic mass is 32.1. The highest BCUT2D eigenvalue weighted by Gasteiger charge is 2.30. The molecule has 0 saturated carbocycles. The van der Waals surface area contributed by atoms with Crippen LogP contribution in [0.25, 0.3) is 0 Å². The number of hydrogen-bond acceptors (Lipinski definition) is 5. The van der Waals surface area contributed by atoms with Gasteiger partial charge in [0.1, 0.15) is 11.5 Å². The zero-order valence-corrected chi connectivity index (χ0v) is 9.99. The fourth-order valence-corrected chi connectivity index (χ4v) is 1.78. The van der Waals surface area contributed by atoms with Gasteiger partial charge in [0.25, 0.3) is 5.19 Å². The summed E-state index contributed by atoms with van der Waals surface area (Å²) < 4.78 is 44.8. The van der Waals surface area contributed by atoms with Crippen LogP contribution in [0.15, 0.2) is 30.5 Å². The van der Waals surface area contributed by atoms with E-state index in [0.29, 0.717) is 16.9 Å². The van der Waals surface area contributed by atoms with E-state index in [1.807, 2.05) is 0 Å². The maximum atomic E-state index is 11.9. The van der Waals surface area contributed by atoms with E-state index in [1.54, 1.807) is 0 Å². The predicted octanol–water partition coefficient (Wildman–Crippen LogP) is 3.65. The summed E-state index contributed by atoms with van der Waals surface area (Å²) in [5.41, 5.74) is 0. The highest BCUT2D eigenvalue weighted by molar-refractivity contribution is 7.15. The first-order valence-corrected chi connectivity index (χ1v) is 5.72. The van der Waals surface area contributed by atoms with Gasteiger partial charge in [-0.2, -0.15) is 0 Å². The van der Waals surface area contributed by atoms with Crippen LogP contribution in [0.5, 0.6) is 16.7 Å². The molecule has 0 bridgehead atoms. The minimum Gasteiger partial charge on any atom is -0.431 e. The lowest BCUT2D eigenvalue weighted by Gasteiger charge is -2.09. The average Bonchev–Trinajstić information content (AvgIpc) is 2.77. The number of benzene rings is 1. The van der Waals surface area contributed by atoms with Crippen LogP contribution >= 0.6 is 11.3 Å². The summed E-state index contributed by atoms with van der Waals surface area (Å²) in [6.07, 6.45) is -2.75. The summed E-state index contributed by atoms with van der Waals surface area (Å²) in [4.78, 5) is 14.7. The Morgan fingerprint density at radius 1 is 1.16 bits per heavy atom. The van der Waals surface area contributed by atoms with E-state index in [9.17, 15) is 18.0 Å². The Bertz CT molecular complexity index is 565. The number of ether oxygens (including phenoxy) is 2. The predicted molar refractivity (Wildman–Crippen MR) is 60.7 cm³/mol. The molecular formula is C11H6F3NO3S. The Morgan fingerprint density at radius 3 is 2.32 bits per heavy atom. The summed E-state index contributed by atoms with van der Waals surface area (Å²) in [5.74, 6) is -0.0473. The molecule has 4 nitrogen and oxygen atoms in total. The number of carbonyl (C=O) groups excluding carboxylic acids is 1. The fourth-order valence-electron chi connectivity index (χ4n) is 1.18. The first-order chi connectivity index (χ1) is 8.96. The minimum absolute atomic E-state index is 0.228. The van der Waals surface area contributed by atoms with Crippen molar-refractivity contribution >= 4 is 17.6 Å². The Kier molecular flexibility index (Phi) is 3.70. The molecule has 1 aromatic carbocycles. The molecule has 0 aliphatic carbocycles. The molecule has 0 atom stereocenters. The first-order valence-electron chi connectivity index (χ1n) is 4.91. The van der Waals surface area contributed by atoms with Crippen LogP contribution in [-0.4, -0.2) is 17.6 Å². The van der Waals surface area contributed by atoms with Gasteiger partial charge in [0.2, 0.25) is 0 Å². The van der Waals surface area contributed by atoms with E-state index in [-0.39, 0.29) is 10.9 Å². The molecule has 0 spiro atoms. The van der Waals surface area contributed by atoms with Crippen molar-refractivity contribution in [1.82, 2.24) is 4.98 Å². The van der Waals surface area contributed by atoms with Gasteiger partial charge in [-0.05, 0) is 24.3 Å². The second kappa shape index (κ2) is 5.27. The van der Waals surface area contributed by atoms with E-state index in [4.69, 9.17) is 4.74 Å². The summed E-state index contributed by atoms with van der Waals surface area (Å²) in [7, 11) is 0. The van der Waals surface area contributed by atoms with Gasteiger partial charge >= 0.3 is 6.36 Å². The zero-order chi connectivity index (χ0) is 13.9. The van der Waals surface area contributed by atoms with Crippen LogP contribution < -0.4 is 9.47 Å². The molecule has 0 fully saturated rings. The van der Waals surface area contributed by atoms with Gasteiger partial charge < -0.3 is 9.47 Å². The van der Waals surface area contributed by atoms with E-state index in [0.717, 1.165) is 23.5 Å². The number of nitrogens with zero attached hydrogens (tertiary/aromatic N) is 1. The van der Waals surface area contributed by atoms with Crippen LogP contribution in [0.2, 0.25) is 0 Å². The van der Waals surface area contributed by atoms with E-state index in [1.165, 1.54) is 18.3 Å². The quantitative estimate of drug-likeness (QED) is 0.806. The molecule has 100 valence electrons. The van der Waals surface area contributed by atoms with Crippen LogP contribution in [0.4, 0.5) is 13.2 Å². The summed E-state index contributed by atoms with van der Waals surface area (Å²) >= 11 is 1.03. The van der Waals surface area contributed by atoms with Crippen LogP contribution in [-0.2, 0) is 0 Å². The molecule has 0 radical (unpaired) electrons. The fraction of sp³-hybridized carbons (Fsp3) is 0.0909. The molecule has 1 aromatic heterocycles. The van der Waals surface area contributed by atoms with Crippen molar-refractivity contribution in [3.63, 3.8) is 0 Å². The third kappa shape index (κ3) is 3.95. The molecule has 2 aromatic rings. The number of thiazole rings is 1. The topological polar surface area (TPSA) is 48.4 Å². The smallest absolute Gasteiger partial charge is 0.431 e. The van der Waals surface area contributed by atoms with Crippen LogP contribution in [0.1, 0.15) is 9.67 Å². The van der Waals surface area contributed by atoms with Crippen molar-refractivity contribution in [2.24, 2.45) is 0 Å². The maximum absolute atomic E-state index is 11.9. The average molecular weight is 289 g/mol. The number of rotatable bonds is 4. The van der Waals surface area contributed by atoms with Gasteiger partial charge in [0, 0.05) is 0 Å². The van der Waals surface area contributed by atoms with Crippen molar-refractivity contribution in [2.75, 3.05) is 0 Å². The lowest BCUT2D eigenvalue weighted by Crippen LogP contribution is -2.16. The maximum Gasteiger partial charge on any atom is 0.573 e. The Balaban J connectivity index is 2.04. The Labute approximate surface area is 109 Å². The van der Waals surface area contributed by atoms with Gasteiger partial charge in [-0.3, -0.25) is 4.79 Å². The first kappa shape index (κ1) is 13.3. The number of hydrogen-bond donors (Lipinski definition) is 0. The van der Waals surface area contributed by atoms with Gasteiger partial charge in [0.15, 0.2) is 6.29 Å². The molecule has 0 unspecified atom stereocenters. The third-order valence-electron chi connectivity index (χ3n) is 1.88. The number of aromatic nitrogens is 1. The van der Waals surface area contributed by atoms with Crippen LogP contribution in [0.3, 0.4) is 0 Å². The number of carbonyl (C=O) groups is 1. The van der Waals surface area contributed by atoms with Crippen molar-refractivity contribution in [1.29, 1.82) is 0 Å². The second-order valence-corrected chi connectivity index (χ2v) is 4.29. The van der Waals surface area contributed by atoms with E-state index in [2.05, 4.69) is 9.72 Å². The molecular weight excluding hydrogens is 283 g/mol. The number of aldehydes is 1. The lowest BCUT2D eigenvalue weighted by atomic mass is 10.3. The van der Waals surface area contributed by atoms with Gasteiger partial charge in [0.05, 0.1) is 11.1 Å². The molecule has 0 N–H and O–H groups in total. The second-order valence-electron chi connectivity index (χ2n) is 3.27. The SMILES string of the molecule is O=Cc1cnc(Oc2ccc(OC(F)(F)F)cc2)s1. The molecule has 0 saturated heterocycles. The van der Waals surface area contributed by atoms with Crippen molar-refractivity contribution in [3.05, 3.63) is 35.3 Å². The molecule has 0 amide bonds. The van der Waals surface area contributed by atoms with Gasteiger partial charge in [-0.1, -0.05) is 11.3 Å². The number of alkyl halides is 3.